The first-order valence-corrected chi connectivity index (χ1v) is 5.26. The number of amides is 1. The van der Waals surface area contributed by atoms with Crippen molar-refractivity contribution in [3.8, 4) is 0 Å². The number of rotatable bonds is 0. The van der Waals surface area contributed by atoms with Crippen LogP contribution in [0.2, 0.25) is 0 Å². The fourth-order valence-corrected chi connectivity index (χ4v) is 2.50. The molecule has 0 radical (unpaired) electrons. The normalized spacial score (nSPS) is 15.2. The lowest BCUT2D eigenvalue weighted by Gasteiger charge is -2.16. The van der Waals surface area contributed by atoms with Gasteiger partial charge in [0.2, 0.25) is 5.91 Å². The Hall–Kier alpha value is -0.480. The van der Waals surface area contributed by atoms with Gasteiger partial charge in [-0.05, 0) is 28.1 Å². The van der Waals surface area contributed by atoms with Crippen LogP contribution in [0.5, 0.6) is 0 Å². The average Bonchev–Trinajstić information content (AvgIpc) is 2.07. The van der Waals surface area contributed by atoms with Crippen molar-refractivity contribution >= 4 is 39.3 Å². The van der Waals surface area contributed by atoms with Crippen molar-refractivity contribution in [2.24, 2.45) is 0 Å². The third-order valence-corrected chi connectivity index (χ3v) is 3.32. The first-order valence-electron chi connectivity index (χ1n) is 3.48. The largest absolute Gasteiger partial charge is 0.323 e. The van der Waals surface area contributed by atoms with Crippen LogP contribution in [0.15, 0.2) is 27.6 Å². The maximum atomic E-state index is 11.0. The maximum absolute atomic E-state index is 11.0. The topological polar surface area (TPSA) is 29.1 Å². The lowest BCUT2D eigenvalue weighted by Crippen LogP contribution is -2.18. The molecule has 2 nitrogen and oxygen atoms in total. The van der Waals surface area contributed by atoms with Crippen LogP contribution in [0, 0.1) is 0 Å². The number of anilines is 1. The minimum absolute atomic E-state index is 0.0689. The molecule has 0 aliphatic carbocycles. The summed E-state index contributed by atoms with van der Waals surface area (Å²) in [6, 6.07) is 5.89. The summed E-state index contributed by atoms with van der Waals surface area (Å²) in [5.74, 6) is 0.586. The molecule has 62 valence electrons. The molecule has 0 atom stereocenters. The molecule has 1 aliphatic heterocycles. The van der Waals surface area contributed by atoms with Gasteiger partial charge in [-0.15, -0.1) is 11.8 Å². The van der Waals surface area contributed by atoms with E-state index in [-0.39, 0.29) is 5.91 Å². The zero-order valence-corrected chi connectivity index (χ0v) is 8.54. The molecule has 1 heterocycles. The molecular weight excluding hydrogens is 238 g/mol. The number of thioether (sulfide) groups is 1. The summed E-state index contributed by atoms with van der Waals surface area (Å²) in [4.78, 5) is 12.2. The number of carbonyl (C=O) groups is 1. The highest BCUT2D eigenvalue weighted by atomic mass is 79.9. The van der Waals surface area contributed by atoms with Gasteiger partial charge in [-0.1, -0.05) is 6.07 Å². The second kappa shape index (κ2) is 3.11. The zero-order valence-electron chi connectivity index (χ0n) is 6.13. The Balaban J connectivity index is 2.50. The van der Waals surface area contributed by atoms with Crippen LogP contribution in [-0.2, 0) is 4.79 Å². The number of nitrogens with one attached hydrogen (secondary N) is 1. The van der Waals surface area contributed by atoms with E-state index in [0.717, 1.165) is 15.1 Å². The standard InChI is InChI=1S/C8H6BrNOS/c9-5-2-1-3-6-8(5)10-7(11)4-12-6/h1-3H,4H2,(H,10,11). The summed E-state index contributed by atoms with van der Waals surface area (Å²) in [6.07, 6.45) is 0. The van der Waals surface area contributed by atoms with E-state index in [1.165, 1.54) is 0 Å². The molecule has 0 bridgehead atoms. The monoisotopic (exact) mass is 243 g/mol. The first kappa shape index (κ1) is 8.13. The number of hydrogen-bond acceptors (Lipinski definition) is 2. The van der Waals surface area contributed by atoms with E-state index in [4.69, 9.17) is 0 Å². The Labute approximate surface area is 82.9 Å². The number of para-hydroxylation sites is 1. The predicted octanol–water partition coefficient (Wildman–Crippen LogP) is 2.49. The van der Waals surface area contributed by atoms with Crippen molar-refractivity contribution in [2.75, 3.05) is 11.1 Å². The highest BCUT2D eigenvalue weighted by Crippen LogP contribution is 2.36. The van der Waals surface area contributed by atoms with Gasteiger partial charge in [0, 0.05) is 9.37 Å². The molecule has 0 aromatic heterocycles. The zero-order chi connectivity index (χ0) is 8.55. The van der Waals surface area contributed by atoms with E-state index in [9.17, 15) is 4.79 Å². The van der Waals surface area contributed by atoms with Gasteiger partial charge in [0.25, 0.3) is 0 Å². The van der Waals surface area contributed by atoms with Crippen LogP contribution in [0.1, 0.15) is 0 Å². The predicted molar refractivity (Wildman–Crippen MR) is 53.5 cm³/mol. The van der Waals surface area contributed by atoms with Crippen LogP contribution in [0.4, 0.5) is 5.69 Å². The molecule has 1 N–H and O–H groups in total. The molecule has 2 rings (SSSR count). The molecule has 12 heavy (non-hydrogen) atoms. The van der Waals surface area contributed by atoms with Crippen molar-refractivity contribution in [2.45, 2.75) is 4.90 Å². The Morgan fingerprint density at radius 1 is 1.50 bits per heavy atom. The third-order valence-electron chi connectivity index (χ3n) is 1.60. The molecule has 1 aromatic rings. The molecule has 0 unspecified atom stereocenters. The van der Waals surface area contributed by atoms with Crippen molar-refractivity contribution in [3.05, 3.63) is 22.7 Å². The summed E-state index contributed by atoms with van der Waals surface area (Å²) in [5, 5.41) is 2.82. The Morgan fingerprint density at radius 2 is 2.33 bits per heavy atom. The van der Waals surface area contributed by atoms with E-state index in [0.29, 0.717) is 5.75 Å². The van der Waals surface area contributed by atoms with Crippen molar-refractivity contribution < 1.29 is 4.79 Å². The second-order valence-corrected chi connectivity index (χ2v) is 4.32. The molecule has 0 saturated heterocycles. The lowest BCUT2D eigenvalue weighted by molar-refractivity contribution is -0.113. The highest BCUT2D eigenvalue weighted by molar-refractivity contribution is 9.10. The molecule has 1 amide bonds. The number of benzene rings is 1. The van der Waals surface area contributed by atoms with E-state index in [1.807, 2.05) is 18.2 Å². The Morgan fingerprint density at radius 3 is 3.17 bits per heavy atom. The van der Waals surface area contributed by atoms with E-state index in [2.05, 4.69) is 21.2 Å². The van der Waals surface area contributed by atoms with Gasteiger partial charge in [0.1, 0.15) is 0 Å². The molecule has 4 heteroatoms. The first-order chi connectivity index (χ1) is 5.77. The SMILES string of the molecule is O=C1CSc2cccc(Br)c2N1. The summed E-state index contributed by atoms with van der Waals surface area (Å²) in [5.41, 5.74) is 0.902. The molecule has 0 spiro atoms. The molecule has 0 fully saturated rings. The minimum Gasteiger partial charge on any atom is -0.323 e. The highest BCUT2D eigenvalue weighted by Gasteiger charge is 2.16. The number of halogens is 1. The van der Waals surface area contributed by atoms with Gasteiger partial charge in [0.15, 0.2) is 0 Å². The van der Waals surface area contributed by atoms with E-state index < -0.39 is 0 Å². The summed E-state index contributed by atoms with van der Waals surface area (Å²) >= 11 is 4.95. The molecular formula is C8H6BrNOS. The molecule has 1 aromatic carbocycles. The minimum atomic E-state index is 0.0689. The van der Waals surface area contributed by atoms with Crippen molar-refractivity contribution in [1.82, 2.24) is 0 Å². The smallest absolute Gasteiger partial charge is 0.234 e. The Bertz CT molecular complexity index is 340. The van der Waals surface area contributed by atoms with Gasteiger partial charge < -0.3 is 5.32 Å². The second-order valence-electron chi connectivity index (χ2n) is 2.45. The lowest BCUT2D eigenvalue weighted by atomic mass is 10.3. The van der Waals surface area contributed by atoms with Crippen LogP contribution < -0.4 is 5.32 Å². The molecule has 0 saturated carbocycles. The summed E-state index contributed by atoms with van der Waals surface area (Å²) in [7, 11) is 0. The summed E-state index contributed by atoms with van der Waals surface area (Å²) in [6.45, 7) is 0. The van der Waals surface area contributed by atoms with Crippen LogP contribution >= 0.6 is 27.7 Å². The number of carbonyl (C=O) groups excluding carboxylic acids is 1. The quantitative estimate of drug-likeness (QED) is 0.759. The molecule has 1 aliphatic rings. The fraction of sp³-hybridized carbons (Fsp3) is 0.125. The van der Waals surface area contributed by atoms with Gasteiger partial charge in [-0.3, -0.25) is 4.79 Å². The van der Waals surface area contributed by atoms with Crippen molar-refractivity contribution in [1.29, 1.82) is 0 Å². The Kier molecular flexibility index (Phi) is 2.11. The van der Waals surface area contributed by atoms with E-state index in [1.54, 1.807) is 11.8 Å². The van der Waals surface area contributed by atoms with E-state index >= 15 is 0 Å². The van der Waals surface area contributed by atoms with Gasteiger partial charge >= 0.3 is 0 Å². The van der Waals surface area contributed by atoms with Crippen LogP contribution in [0.25, 0.3) is 0 Å². The third kappa shape index (κ3) is 1.36. The maximum Gasteiger partial charge on any atom is 0.234 e. The van der Waals surface area contributed by atoms with Crippen molar-refractivity contribution in [3.63, 3.8) is 0 Å². The average molecular weight is 244 g/mol. The number of hydrogen-bond donors (Lipinski definition) is 1. The van der Waals surface area contributed by atoms with Gasteiger partial charge in [-0.2, -0.15) is 0 Å². The van der Waals surface area contributed by atoms with Gasteiger partial charge in [0.05, 0.1) is 11.4 Å². The fourth-order valence-electron chi connectivity index (χ4n) is 1.06. The number of fused-ring (bicyclic) bond motifs is 1. The van der Waals surface area contributed by atoms with Crippen LogP contribution in [0.3, 0.4) is 0 Å². The summed E-state index contributed by atoms with van der Waals surface area (Å²) < 4.78 is 0.945. The van der Waals surface area contributed by atoms with Gasteiger partial charge in [-0.25, -0.2) is 0 Å². The van der Waals surface area contributed by atoms with Crippen LogP contribution in [-0.4, -0.2) is 11.7 Å².